The molecule has 1 aromatic heterocycles. The van der Waals surface area contributed by atoms with E-state index >= 15 is 0 Å². The van der Waals surface area contributed by atoms with Gasteiger partial charge >= 0.3 is 0 Å². The lowest BCUT2D eigenvalue weighted by Gasteiger charge is -2.11. The van der Waals surface area contributed by atoms with Gasteiger partial charge in [-0.05, 0) is 37.1 Å². The Kier molecular flexibility index (Phi) is 4.19. The van der Waals surface area contributed by atoms with Crippen molar-refractivity contribution in [2.75, 3.05) is 10.6 Å². The van der Waals surface area contributed by atoms with Gasteiger partial charge in [0.1, 0.15) is 6.04 Å². The third-order valence-corrected chi connectivity index (χ3v) is 4.38. The van der Waals surface area contributed by atoms with Gasteiger partial charge in [-0.2, -0.15) is 4.98 Å². The molecule has 7 nitrogen and oxygen atoms in total. The number of hydrogen-bond acceptors (Lipinski definition) is 4. The molecule has 1 unspecified atom stereocenters. The zero-order valence-electron chi connectivity index (χ0n) is 15.1. The smallest absolute Gasteiger partial charge is 0.252 e. The van der Waals surface area contributed by atoms with E-state index in [-0.39, 0.29) is 18.2 Å². The van der Waals surface area contributed by atoms with Crippen molar-refractivity contribution in [1.29, 1.82) is 0 Å². The highest BCUT2D eigenvalue weighted by atomic mass is 16.2. The van der Waals surface area contributed by atoms with E-state index in [9.17, 15) is 9.59 Å². The first-order valence-electron chi connectivity index (χ1n) is 8.70. The van der Waals surface area contributed by atoms with Crippen molar-refractivity contribution in [1.82, 2.24) is 14.8 Å². The molecule has 0 spiro atoms. The molecule has 0 saturated carbocycles. The van der Waals surface area contributed by atoms with Crippen LogP contribution in [0.5, 0.6) is 0 Å². The summed E-state index contributed by atoms with van der Waals surface area (Å²) in [5, 5.41) is 9.98. The van der Waals surface area contributed by atoms with E-state index in [0.29, 0.717) is 11.8 Å². The summed E-state index contributed by atoms with van der Waals surface area (Å²) in [7, 11) is 0. The number of nitrogens with zero attached hydrogens (tertiary/aromatic N) is 3. The monoisotopic (exact) mass is 361 g/mol. The maximum Gasteiger partial charge on any atom is 0.252 e. The fourth-order valence-electron chi connectivity index (χ4n) is 3.25. The Morgan fingerprint density at radius 1 is 1.15 bits per heavy atom. The van der Waals surface area contributed by atoms with Crippen LogP contribution in [0, 0.1) is 13.8 Å². The van der Waals surface area contributed by atoms with Crippen molar-refractivity contribution in [2.45, 2.75) is 26.3 Å². The van der Waals surface area contributed by atoms with Crippen LogP contribution >= 0.6 is 0 Å². The molecule has 4 rings (SSSR count). The van der Waals surface area contributed by atoms with Crippen molar-refractivity contribution < 1.29 is 9.59 Å². The second-order valence-electron chi connectivity index (χ2n) is 6.70. The number of nitrogens with one attached hydrogen (secondary N) is 2. The molecule has 2 aromatic carbocycles. The largest absolute Gasteiger partial charge is 0.326 e. The normalized spacial score (nSPS) is 15.3. The first kappa shape index (κ1) is 17.0. The summed E-state index contributed by atoms with van der Waals surface area (Å²) in [5.74, 6) is 0.360. The van der Waals surface area contributed by atoms with Gasteiger partial charge in [0.25, 0.3) is 5.91 Å². The number of carbonyl (C=O) groups excluding carboxylic acids is 2. The van der Waals surface area contributed by atoms with Crippen LogP contribution in [-0.4, -0.2) is 26.6 Å². The number of amides is 2. The van der Waals surface area contributed by atoms with Gasteiger partial charge in [-0.3, -0.25) is 14.9 Å². The molecule has 0 aliphatic carbocycles. The maximum atomic E-state index is 12.5. The maximum absolute atomic E-state index is 12.5. The molecule has 3 aromatic rings. The zero-order valence-corrected chi connectivity index (χ0v) is 15.1. The SMILES string of the molecule is Cc1cc(C)cc(NC(=O)CC2C(=O)Nc3nc(-c4ccccc4)nn32)c1. The van der Waals surface area contributed by atoms with Crippen LogP contribution in [0.2, 0.25) is 0 Å². The zero-order chi connectivity index (χ0) is 19.0. The second-order valence-corrected chi connectivity index (χ2v) is 6.70. The van der Waals surface area contributed by atoms with E-state index in [1.54, 1.807) is 0 Å². The Bertz CT molecular complexity index is 1010. The minimum absolute atomic E-state index is 0.0105. The summed E-state index contributed by atoms with van der Waals surface area (Å²) in [6.45, 7) is 3.94. The fourth-order valence-corrected chi connectivity index (χ4v) is 3.25. The van der Waals surface area contributed by atoms with Gasteiger partial charge in [0.15, 0.2) is 5.82 Å². The predicted octanol–water partition coefficient (Wildman–Crippen LogP) is 3.08. The van der Waals surface area contributed by atoms with Crippen molar-refractivity contribution in [3.8, 4) is 11.4 Å². The summed E-state index contributed by atoms with van der Waals surface area (Å²) in [6, 6.07) is 14.6. The predicted molar refractivity (Wildman–Crippen MR) is 102 cm³/mol. The number of rotatable bonds is 4. The quantitative estimate of drug-likeness (QED) is 0.747. The average Bonchev–Trinajstić information content (AvgIpc) is 3.14. The van der Waals surface area contributed by atoms with Crippen LogP contribution < -0.4 is 10.6 Å². The molecular weight excluding hydrogens is 342 g/mol. The molecule has 2 N–H and O–H groups in total. The topological polar surface area (TPSA) is 88.9 Å². The summed E-state index contributed by atoms with van der Waals surface area (Å²) in [4.78, 5) is 29.1. The van der Waals surface area contributed by atoms with Gasteiger partial charge in [-0.15, -0.1) is 5.10 Å². The van der Waals surface area contributed by atoms with E-state index in [0.717, 1.165) is 22.4 Å². The molecule has 1 aliphatic rings. The minimum Gasteiger partial charge on any atom is -0.326 e. The molecule has 2 heterocycles. The molecule has 1 aliphatic heterocycles. The molecule has 0 radical (unpaired) electrons. The molecule has 0 bridgehead atoms. The van der Waals surface area contributed by atoms with E-state index in [1.807, 2.05) is 62.4 Å². The molecular formula is C20H19N5O2. The summed E-state index contributed by atoms with van der Waals surface area (Å²) in [5.41, 5.74) is 3.71. The standard InChI is InChI=1S/C20H19N5O2/c1-12-8-13(2)10-15(9-12)21-17(26)11-16-19(27)23-20-22-18(24-25(16)20)14-6-4-3-5-7-14/h3-10,16H,11H2,1-2H3,(H,21,26)(H,22,23,24,27). The number of hydrogen-bond donors (Lipinski definition) is 2. The highest BCUT2D eigenvalue weighted by molar-refractivity contribution is 6.01. The molecule has 2 amide bonds. The molecule has 27 heavy (non-hydrogen) atoms. The van der Waals surface area contributed by atoms with Crippen molar-refractivity contribution in [2.24, 2.45) is 0 Å². The Morgan fingerprint density at radius 2 is 1.85 bits per heavy atom. The van der Waals surface area contributed by atoms with Gasteiger partial charge in [-0.25, -0.2) is 4.68 Å². The van der Waals surface area contributed by atoms with E-state index in [4.69, 9.17) is 0 Å². The van der Waals surface area contributed by atoms with E-state index in [2.05, 4.69) is 20.7 Å². The Labute approximate surface area is 156 Å². The first-order chi connectivity index (χ1) is 13.0. The number of aryl methyl sites for hydroxylation is 2. The molecule has 0 fully saturated rings. The average molecular weight is 361 g/mol. The Balaban J connectivity index is 1.52. The Morgan fingerprint density at radius 3 is 2.56 bits per heavy atom. The minimum atomic E-state index is -0.712. The van der Waals surface area contributed by atoms with Crippen LogP contribution in [0.15, 0.2) is 48.5 Å². The van der Waals surface area contributed by atoms with Crippen LogP contribution in [-0.2, 0) is 9.59 Å². The van der Waals surface area contributed by atoms with E-state index < -0.39 is 6.04 Å². The fraction of sp³-hybridized carbons (Fsp3) is 0.200. The summed E-state index contributed by atoms with van der Waals surface area (Å²) in [6.07, 6.45) is -0.0105. The lowest BCUT2D eigenvalue weighted by molar-refractivity contribution is -0.123. The van der Waals surface area contributed by atoms with Gasteiger partial charge in [-0.1, -0.05) is 36.4 Å². The van der Waals surface area contributed by atoms with Crippen LogP contribution in [0.25, 0.3) is 11.4 Å². The lowest BCUT2D eigenvalue weighted by atomic mass is 10.1. The Hall–Kier alpha value is -3.48. The molecule has 1 atom stereocenters. The number of fused-ring (bicyclic) bond motifs is 1. The second kappa shape index (κ2) is 6.68. The lowest BCUT2D eigenvalue weighted by Crippen LogP contribution is -2.23. The van der Waals surface area contributed by atoms with Gasteiger partial charge < -0.3 is 5.32 Å². The van der Waals surface area contributed by atoms with Crippen molar-refractivity contribution >= 4 is 23.5 Å². The van der Waals surface area contributed by atoms with Crippen LogP contribution in [0.4, 0.5) is 11.6 Å². The van der Waals surface area contributed by atoms with Gasteiger partial charge in [0.05, 0.1) is 6.42 Å². The molecule has 136 valence electrons. The van der Waals surface area contributed by atoms with Gasteiger partial charge in [0.2, 0.25) is 11.9 Å². The molecule has 7 heteroatoms. The van der Waals surface area contributed by atoms with Gasteiger partial charge in [0, 0.05) is 11.3 Å². The van der Waals surface area contributed by atoms with Crippen LogP contribution in [0.1, 0.15) is 23.6 Å². The van der Waals surface area contributed by atoms with Crippen molar-refractivity contribution in [3.63, 3.8) is 0 Å². The third kappa shape index (κ3) is 3.44. The van der Waals surface area contributed by atoms with Crippen LogP contribution in [0.3, 0.4) is 0 Å². The van der Waals surface area contributed by atoms with E-state index in [1.165, 1.54) is 4.68 Å². The number of carbonyl (C=O) groups is 2. The highest BCUT2D eigenvalue weighted by Gasteiger charge is 2.35. The number of aromatic nitrogens is 3. The summed E-state index contributed by atoms with van der Waals surface area (Å²) >= 11 is 0. The molecule has 0 saturated heterocycles. The number of benzene rings is 2. The van der Waals surface area contributed by atoms with Crippen molar-refractivity contribution in [3.05, 3.63) is 59.7 Å². The highest BCUT2D eigenvalue weighted by Crippen LogP contribution is 2.28. The summed E-state index contributed by atoms with van der Waals surface area (Å²) < 4.78 is 1.49. The third-order valence-electron chi connectivity index (χ3n) is 4.38. The first-order valence-corrected chi connectivity index (χ1v) is 8.70. The number of anilines is 2.